The average molecular weight is 284 g/mol. The highest BCUT2D eigenvalue weighted by atomic mass is 35.5. The van der Waals surface area contributed by atoms with Gasteiger partial charge in [0.1, 0.15) is 5.82 Å². The zero-order valence-corrected chi connectivity index (χ0v) is 12.7. The topological polar surface area (TPSA) is 12.0 Å². The van der Waals surface area contributed by atoms with Crippen LogP contribution in [0.3, 0.4) is 0 Å². The first-order valence-corrected chi connectivity index (χ1v) is 7.45. The SMILES string of the molecule is CC(C)(C)C1CCC(Nc2cc(F)cc(Cl)c2)CC1. The molecule has 1 fully saturated rings. The predicted octanol–water partition coefficient (Wildman–Crippen LogP) is 5.50. The van der Waals surface area contributed by atoms with Crippen molar-refractivity contribution in [3.63, 3.8) is 0 Å². The lowest BCUT2D eigenvalue weighted by molar-refractivity contribution is 0.173. The summed E-state index contributed by atoms with van der Waals surface area (Å²) in [5.41, 5.74) is 1.19. The third-order valence-electron chi connectivity index (χ3n) is 4.19. The minimum atomic E-state index is -0.279. The van der Waals surface area contributed by atoms with Gasteiger partial charge in [0, 0.05) is 16.8 Å². The number of benzene rings is 1. The summed E-state index contributed by atoms with van der Waals surface area (Å²) in [6, 6.07) is 5.09. The zero-order valence-electron chi connectivity index (χ0n) is 12.0. The zero-order chi connectivity index (χ0) is 14.0. The molecule has 1 aromatic carbocycles. The van der Waals surface area contributed by atoms with E-state index in [1.54, 1.807) is 6.07 Å². The second-order valence-electron chi connectivity index (χ2n) is 6.72. The molecule has 0 radical (unpaired) electrons. The summed E-state index contributed by atoms with van der Waals surface area (Å²) in [5, 5.41) is 3.86. The summed E-state index contributed by atoms with van der Waals surface area (Å²) in [6.07, 6.45) is 4.78. The lowest BCUT2D eigenvalue weighted by atomic mass is 9.71. The van der Waals surface area contributed by atoms with Crippen LogP contribution in [0.4, 0.5) is 10.1 Å². The minimum absolute atomic E-state index is 0.279. The molecule has 0 aromatic heterocycles. The van der Waals surface area contributed by atoms with Gasteiger partial charge < -0.3 is 5.32 Å². The van der Waals surface area contributed by atoms with Gasteiger partial charge in [0.05, 0.1) is 0 Å². The summed E-state index contributed by atoms with van der Waals surface area (Å²) in [6.45, 7) is 6.95. The first-order chi connectivity index (χ1) is 8.84. The first-order valence-electron chi connectivity index (χ1n) is 7.07. The van der Waals surface area contributed by atoms with Crippen LogP contribution in [0.15, 0.2) is 18.2 Å². The van der Waals surface area contributed by atoms with E-state index in [0.29, 0.717) is 16.5 Å². The quantitative estimate of drug-likeness (QED) is 0.756. The summed E-state index contributed by atoms with van der Waals surface area (Å²) in [7, 11) is 0. The van der Waals surface area contributed by atoms with Crippen molar-refractivity contribution in [1.29, 1.82) is 0 Å². The Labute approximate surface area is 120 Å². The van der Waals surface area contributed by atoms with Crippen LogP contribution >= 0.6 is 11.6 Å². The molecular formula is C16H23ClFN. The van der Waals surface area contributed by atoms with Crippen molar-refractivity contribution in [3.05, 3.63) is 29.0 Å². The fourth-order valence-electron chi connectivity index (χ4n) is 2.98. The van der Waals surface area contributed by atoms with Crippen LogP contribution in [0, 0.1) is 17.2 Å². The van der Waals surface area contributed by atoms with E-state index in [1.807, 2.05) is 0 Å². The maximum atomic E-state index is 13.3. The molecule has 1 saturated carbocycles. The van der Waals surface area contributed by atoms with Gasteiger partial charge >= 0.3 is 0 Å². The largest absolute Gasteiger partial charge is 0.382 e. The normalized spacial score (nSPS) is 24.3. The van der Waals surface area contributed by atoms with Crippen molar-refractivity contribution in [2.75, 3.05) is 5.32 Å². The van der Waals surface area contributed by atoms with Crippen molar-refractivity contribution in [2.24, 2.45) is 11.3 Å². The van der Waals surface area contributed by atoms with Crippen molar-refractivity contribution < 1.29 is 4.39 Å². The summed E-state index contributed by atoms with van der Waals surface area (Å²) >= 11 is 5.87. The van der Waals surface area contributed by atoms with E-state index in [2.05, 4.69) is 26.1 Å². The molecule has 1 nitrogen and oxygen atoms in total. The number of nitrogens with one attached hydrogen (secondary N) is 1. The van der Waals surface area contributed by atoms with Crippen molar-refractivity contribution in [1.82, 2.24) is 0 Å². The Balaban J connectivity index is 1.92. The third kappa shape index (κ3) is 4.10. The van der Waals surface area contributed by atoms with E-state index in [4.69, 9.17) is 11.6 Å². The Bertz CT molecular complexity index is 411. The molecule has 0 atom stereocenters. The Morgan fingerprint density at radius 2 is 1.74 bits per heavy atom. The van der Waals surface area contributed by atoms with E-state index < -0.39 is 0 Å². The van der Waals surface area contributed by atoms with Gasteiger partial charge in [-0.25, -0.2) is 4.39 Å². The molecule has 0 spiro atoms. The van der Waals surface area contributed by atoms with Crippen LogP contribution in [-0.4, -0.2) is 6.04 Å². The third-order valence-corrected chi connectivity index (χ3v) is 4.40. The molecule has 2 rings (SSSR count). The highest BCUT2D eigenvalue weighted by Crippen LogP contribution is 2.38. The lowest BCUT2D eigenvalue weighted by Gasteiger charge is -2.37. The van der Waals surface area contributed by atoms with Gasteiger partial charge in [-0.05, 0) is 55.2 Å². The van der Waals surface area contributed by atoms with Crippen LogP contribution < -0.4 is 5.32 Å². The van der Waals surface area contributed by atoms with Gasteiger partial charge in [-0.2, -0.15) is 0 Å². The molecular weight excluding hydrogens is 261 g/mol. The fraction of sp³-hybridized carbons (Fsp3) is 0.625. The number of halogens is 2. The van der Waals surface area contributed by atoms with Crippen LogP contribution in [0.1, 0.15) is 46.5 Å². The molecule has 106 valence electrons. The van der Waals surface area contributed by atoms with Crippen LogP contribution in [0.2, 0.25) is 5.02 Å². The van der Waals surface area contributed by atoms with E-state index in [-0.39, 0.29) is 5.82 Å². The lowest BCUT2D eigenvalue weighted by Crippen LogP contribution is -2.31. The van der Waals surface area contributed by atoms with Crippen LogP contribution in [0.25, 0.3) is 0 Å². The Morgan fingerprint density at radius 3 is 2.26 bits per heavy atom. The maximum Gasteiger partial charge on any atom is 0.126 e. The number of hydrogen-bond acceptors (Lipinski definition) is 1. The molecule has 0 amide bonds. The predicted molar refractivity (Wildman–Crippen MR) is 80.2 cm³/mol. The minimum Gasteiger partial charge on any atom is -0.382 e. The highest BCUT2D eigenvalue weighted by Gasteiger charge is 2.29. The van der Waals surface area contributed by atoms with Crippen molar-refractivity contribution in [2.45, 2.75) is 52.5 Å². The molecule has 1 N–H and O–H groups in total. The monoisotopic (exact) mass is 283 g/mol. The Morgan fingerprint density at radius 1 is 1.11 bits per heavy atom. The molecule has 1 aromatic rings. The van der Waals surface area contributed by atoms with Crippen molar-refractivity contribution in [3.8, 4) is 0 Å². The van der Waals surface area contributed by atoms with Gasteiger partial charge in [0.2, 0.25) is 0 Å². The molecule has 0 saturated heterocycles. The summed E-state index contributed by atoms with van der Waals surface area (Å²) < 4.78 is 13.3. The second kappa shape index (κ2) is 5.70. The van der Waals surface area contributed by atoms with Crippen LogP contribution in [0.5, 0.6) is 0 Å². The number of rotatable bonds is 2. The Kier molecular flexibility index (Phi) is 4.39. The van der Waals surface area contributed by atoms with Gasteiger partial charge in [-0.3, -0.25) is 0 Å². The van der Waals surface area contributed by atoms with Crippen LogP contribution in [-0.2, 0) is 0 Å². The summed E-state index contributed by atoms with van der Waals surface area (Å²) in [5.74, 6) is 0.514. The molecule has 0 unspecified atom stereocenters. The molecule has 0 bridgehead atoms. The average Bonchev–Trinajstić information content (AvgIpc) is 2.26. The smallest absolute Gasteiger partial charge is 0.126 e. The number of hydrogen-bond donors (Lipinski definition) is 1. The molecule has 1 aliphatic carbocycles. The fourth-order valence-corrected chi connectivity index (χ4v) is 3.20. The standard InChI is InChI=1S/C16H23ClFN/c1-16(2,3)11-4-6-14(7-5-11)19-15-9-12(17)8-13(18)10-15/h8-11,14,19H,4-7H2,1-3H3. The van der Waals surface area contributed by atoms with Crippen molar-refractivity contribution >= 4 is 17.3 Å². The van der Waals surface area contributed by atoms with Gasteiger partial charge in [-0.15, -0.1) is 0 Å². The van der Waals surface area contributed by atoms with E-state index in [9.17, 15) is 4.39 Å². The molecule has 0 aliphatic heterocycles. The van der Waals surface area contributed by atoms with Gasteiger partial charge in [0.25, 0.3) is 0 Å². The molecule has 3 heteroatoms. The second-order valence-corrected chi connectivity index (χ2v) is 7.15. The highest BCUT2D eigenvalue weighted by molar-refractivity contribution is 6.30. The number of anilines is 1. The Hall–Kier alpha value is -0.760. The molecule has 1 aliphatic rings. The maximum absolute atomic E-state index is 13.3. The van der Waals surface area contributed by atoms with E-state index in [0.717, 1.165) is 24.4 Å². The molecule has 19 heavy (non-hydrogen) atoms. The first kappa shape index (κ1) is 14.6. The van der Waals surface area contributed by atoms with E-state index in [1.165, 1.54) is 25.0 Å². The van der Waals surface area contributed by atoms with Gasteiger partial charge in [0.15, 0.2) is 0 Å². The van der Waals surface area contributed by atoms with Gasteiger partial charge in [-0.1, -0.05) is 32.4 Å². The van der Waals surface area contributed by atoms with E-state index >= 15 is 0 Å². The molecule has 0 heterocycles. The summed E-state index contributed by atoms with van der Waals surface area (Å²) in [4.78, 5) is 0.